The zero-order valence-corrected chi connectivity index (χ0v) is 14.7. The standard InChI is InChI=1S/C18H28N4O3/c23-15-9-13(18-21-20-16-11-25-6-5-22(16)18)8-14(15)10-19-17(24)7-12-3-1-2-4-12/h12-15,23H,1-11H2,(H,19,24)/t13-,14+,15+/m0/s1. The highest BCUT2D eigenvalue weighted by atomic mass is 16.5. The molecule has 3 atom stereocenters. The second-order valence-electron chi connectivity index (χ2n) is 7.83. The molecular formula is C18H28N4O3. The minimum Gasteiger partial charge on any atom is -0.393 e. The van der Waals surface area contributed by atoms with Crippen molar-refractivity contribution in [2.75, 3.05) is 13.2 Å². The molecule has 7 nitrogen and oxygen atoms in total. The Labute approximate surface area is 148 Å². The fourth-order valence-electron chi connectivity index (χ4n) is 4.65. The average molecular weight is 348 g/mol. The van der Waals surface area contributed by atoms with E-state index in [0.29, 0.717) is 38.5 Å². The van der Waals surface area contributed by atoms with Crippen molar-refractivity contribution < 1.29 is 14.6 Å². The fourth-order valence-corrected chi connectivity index (χ4v) is 4.65. The van der Waals surface area contributed by atoms with Gasteiger partial charge in [-0.05, 0) is 31.6 Å². The molecular weight excluding hydrogens is 320 g/mol. The van der Waals surface area contributed by atoms with Crippen LogP contribution in [-0.2, 0) is 22.7 Å². The third-order valence-corrected chi connectivity index (χ3v) is 6.08. The van der Waals surface area contributed by atoms with Crippen molar-refractivity contribution in [2.24, 2.45) is 11.8 Å². The van der Waals surface area contributed by atoms with Crippen LogP contribution in [0.2, 0.25) is 0 Å². The molecule has 1 aliphatic heterocycles. The first-order valence-electron chi connectivity index (χ1n) is 9.65. The fraction of sp³-hybridized carbons (Fsp3) is 0.833. The number of ether oxygens (including phenoxy) is 1. The number of nitrogens with one attached hydrogen (secondary N) is 1. The largest absolute Gasteiger partial charge is 0.393 e. The van der Waals surface area contributed by atoms with Gasteiger partial charge in [-0.25, -0.2) is 0 Å². The van der Waals surface area contributed by atoms with Crippen LogP contribution in [0.25, 0.3) is 0 Å². The lowest BCUT2D eigenvalue weighted by molar-refractivity contribution is -0.122. The van der Waals surface area contributed by atoms with Gasteiger partial charge in [-0.3, -0.25) is 4.79 Å². The van der Waals surface area contributed by atoms with E-state index in [1.807, 2.05) is 0 Å². The molecule has 7 heteroatoms. The number of rotatable bonds is 5. The van der Waals surface area contributed by atoms with E-state index < -0.39 is 0 Å². The highest BCUT2D eigenvalue weighted by Crippen LogP contribution is 2.38. The minimum absolute atomic E-state index is 0.102. The Morgan fingerprint density at radius 3 is 2.96 bits per heavy atom. The lowest BCUT2D eigenvalue weighted by Crippen LogP contribution is -2.33. The number of amides is 1. The lowest BCUT2D eigenvalue weighted by Gasteiger charge is -2.18. The molecule has 2 fully saturated rings. The molecule has 0 aromatic carbocycles. The summed E-state index contributed by atoms with van der Waals surface area (Å²) in [6.45, 7) is 2.55. The van der Waals surface area contributed by atoms with Gasteiger partial charge in [0.05, 0.1) is 12.7 Å². The summed E-state index contributed by atoms with van der Waals surface area (Å²) in [5, 5.41) is 22.0. The van der Waals surface area contributed by atoms with Gasteiger partial charge in [0.1, 0.15) is 12.4 Å². The van der Waals surface area contributed by atoms with Crippen LogP contribution in [0.1, 0.15) is 62.5 Å². The first-order valence-corrected chi connectivity index (χ1v) is 9.65. The van der Waals surface area contributed by atoms with Crippen molar-refractivity contribution in [1.82, 2.24) is 20.1 Å². The summed E-state index contributed by atoms with van der Waals surface area (Å²) in [5.74, 6) is 2.86. The van der Waals surface area contributed by atoms with Crippen LogP contribution in [0.5, 0.6) is 0 Å². The Hall–Kier alpha value is -1.47. The molecule has 1 aromatic rings. The van der Waals surface area contributed by atoms with Gasteiger partial charge in [0, 0.05) is 31.3 Å². The topological polar surface area (TPSA) is 89.3 Å². The minimum atomic E-state index is -0.385. The van der Waals surface area contributed by atoms with Gasteiger partial charge >= 0.3 is 0 Å². The van der Waals surface area contributed by atoms with Gasteiger partial charge in [-0.15, -0.1) is 10.2 Å². The predicted molar refractivity (Wildman–Crippen MR) is 90.7 cm³/mol. The SMILES string of the molecule is O=C(CC1CCCC1)NC[C@H]1C[C@H](c2nnc3n2CCOC3)C[C@H]1O. The molecule has 1 aromatic heterocycles. The zero-order valence-electron chi connectivity index (χ0n) is 14.7. The van der Waals surface area contributed by atoms with Crippen molar-refractivity contribution >= 4 is 5.91 Å². The first-order chi connectivity index (χ1) is 12.2. The summed E-state index contributed by atoms with van der Waals surface area (Å²) in [4.78, 5) is 12.1. The van der Waals surface area contributed by atoms with E-state index in [4.69, 9.17) is 4.74 Å². The highest BCUT2D eigenvalue weighted by Gasteiger charge is 2.37. The average Bonchev–Trinajstić information content (AvgIpc) is 3.32. The smallest absolute Gasteiger partial charge is 0.220 e. The Bertz CT molecular complexity index is 611. The number of aliphatic hydroxyl groups excluding tert-OH is 1. The molecule has 2 N–H and O–H groups in total. The number of carbonyl (C=O) groups is 1. The predicted octanol–water partition coefficient (Wildman–Crippen LogP) is 1.36. The Kier molecular flexibility index (Phi) is 5.03. The van der Waals surface area contributed by atoms with Gasteiger partial charge in [-0.1, -0.05) is 12.8 Å². The first kappa shape index (κ1) is 17.0. The summed E-state index contributed by atoms with van der Waals surface area (Å²) < 4.78 is 7.55. The van der Waals surface area contributed by atoms with Crippen molar-refractivity contribution in [3.05, 3.63) is 11.6 Å². The Morgan fingerprint density at radius 2 is 2.12 bits per heavy atom. The van der Waals surface area contributed by atoms with Crippen molar-refractivity contribution in [3.63, 3.8) is 0 Å². The monoisotopic (exact) mass is 348 g/mol. The molecule has 0 saturated heterocycles. The second kappa shape index (κ2) is 7.41. The van der Waals surface area contributed by atoms with Crippen molar-refractivity contribution in [1.29, 1.82) is 0 Å². The van der Waals surface area contributed by atoms with Crippen LogP contribution in [0.3, 0.4) is 0 Å². The molecule has 0 bridgehead atoms. The molecule has 2 aliphatic carbocycles. The maximum atomic E-state index is 12.1. The van der Waals surface area contributed by atoms with E-state index in [9.17, 15) is 9.90 Å². The van der Waals surface area contributed by atoms with Gasteiger partial charge in [-0.2, -0.15) is 0 Å². The quantitative estimate of drug-likeness (QED) is 0.839. The van der Waals surface area contributed by atoms with Gasteiger partial charge < -0.3 is 19.7 Å². The third kappa shape index (κ3) is 3.72. The second-order valence-corrected chi connectivity index (χ2v) is 7.83. The van der Waals surface area contributed by atoms with Gasteiger partial charge in [0.2, 0.25) is 5.91 Å². The molecule has 0 unspecified atom stereocenters. The van der Waals surface area contributed by atoms with Crippen LogP contribution in [0, 0.1) is 11.8 Å². The van der Waals surface area contributed by atoms with Crippen molar-refractivity contribution in [3.8, 4) is 0 Å². The van der Waals surface area contributed by atoms with E-state index in [2.05, 4.69) is 20.1 Å². The number of aliphatic hydroxyl groups is 1. The van der Waals surface area contributed by atoms with Crippen LogP contribution in [0.15, 0.2) is 0 Å². The maximum Gasteiger partial charge on any atom is 0.220 e. The summed E-state index contributed by atoms with van der Waals surface area (Å²) in [5.41, 5.74) is 0. The Balaban J connectivity index is 1.30. The van der Waals surface area contributed by atoms with Crippen LogP contribution < -0.4 is 5.32 Å². The molecule has 25 heavy (non-hydrogen) atoms. The molecule has 0 radical (unpaired) electrons. The van der Waals surface area contributed by atoms with Gasteiger partial charge in [0.15, 0.2) is 5.82 Å². The molecule has 138 valence electrons. The van der Waals surface area contributed by atoms with E-state index in [1.165, 1.54) is 25.7 Å². The molecule has 0 spiro atoms. The molecule has 1 amide bonds. The normalized spacial score (nSPS) is 29.7. The summed E-state index contributed by atoms with van der Waals surface area (Å²) in [6.07, 6.45) is 6.69. The molecule has 2 heterocycles. The zero-order chi connectivity index (χ0) is 17.2. The van der Waals surface area contributed by atoms with Gasteiger partial charge in [0.25, 0.3) is 0 Å². The third-order valence-electron chi connectivity index (χ3n) is 6.08. The Morgan fingerprint density at radius 1 is 1.28 bits per heavy atom. The van der Waals surface area contributed by atoms with Crippen LogP contribution in [0.4, 0.5) is 0 Å². The number of aromatic nitrogens is 3. The summed E-state index contributed by atoms with van der Waals surface area (Å²) in [6, 6.07) is 0. The van der Waals surface area contributed by atoms with E-state index in [1.54, 1.807) is 0 Å². The van der Waals surface area contributed by atoms with Crippen molar-refractivity contribution in [2.45, 2.75) is 70.1 Å². The molecule has 4 rings (SSSR count). The number of hydrogen-bond acceptors (Lipinski definition) is 5. The lowest BCUT2D eigenvalue weighted by atomic mass is 10.0. The van der Waals surface area contributed by atoms with E-state index in [0.717, 1.165) is 24.6 Å². The number of hydrogen-bond donors (Lipinski definition) is 2. The maximum absolute atomic E-state index is 12.1. The number of nitrogens with zero attached hydrogens (tertiary/aromatic N) is 3. The van der Waals surface area contributed by atoms with E-state index in [-0.39, 0.29) is 23.8 Å². The number of fused-ring (bicyclic) bond motifs is 1. The number of carbonyl (C=O) groups excluding carboxylic acids is 1. The van der Waals surface area contributed by atoms with Crippen LogP contribution >= 0.6 is 0 Å². The molecule has 2 saturated carbocycles. The van der Waals surface area contributed by atoms with E-state index >= 15 is 0 Å². The highest BCUT2D eigenvalue weighted by molar-refractivity contribution is 5.76. The summed E-state index contributed by atoms with van der Waals surface area (Å²) >= 11 is 0. The summed E-state index contributed by atoms with van der Waals surface area (Å²) in [7, 11) is 0. The molecule has 3 aliphatic rings. The van der Waals surface area contributed by atoms with Crippen LogP contribution in [-0.4, -0.2) is 45.0 Å².